The van der Waals surface area contributed by atoms with Gasteiger partial charge < -0.3 is 5.11 Å². The van der Waals surface area contributed by atoms with E-state index in [0.717, 1.165) is 6.42 Å². The maximum Gasteiger partial charge on any atom is 0.335 e. The molecular formula is C12H13F2NO4S. The lowest BCUT2D eigenvalue weighted by Crippen LogP contribution is -2.27. The standard InChI is InChI=1S/C12H13F2NO4S/c1-6-2-8(6)5-15-20(18,19)10-4-7(12(16)17)3-9(13)11(10)14/h3-4,6,8,15H,2,5H2,1H3,(H,16,17). The van der Waals surface area contributed by atoms with E-state index in [1.54, 1.807) is 0 Å². The van der Waals surface area contributed by atoms with Gasteiger partial charge in [-0.1, -0.05) is 6.92 Å². The molecule has 0 aliphatic heterocycles. The number of hydrogen-bond acceptors (Lipinski definition) is 3. The summed E-state index contributed by atoms with van der Waals surface area (Å²) in [6, 6.07) is 1.05. The van der Waals surface area contributed by atoms with Crippen LogP contribution in [0, 0.1) is 23.5 Å². The molecule has 1 aromatic rings. The Hall–Kier alpha value is -1.54. The van der Waals surface area contributed by atoms with Crippen molar-refractivity contribution in [2.24, 2.45) is 11.8 Å². The molecular weight excluding hydrogens is 292 g/mol. The van der Waals surface area contributed by atoms with Gasteiger partial charge in [0.25, 0.3) is 0 Å². The summed E-state index contributed by atoms with van der Waals surface area (Å²) in [6.45, 7) is 2.08. The molecule has 1 aromatic carbocycles. The van der Waals surface area contributed by atoms with E-state index in [1.807, 2.05) is 6.92 Å². The van der Waals surface area contributed by atoms with E-state index in [9.17, 15) is 22.0 Å². The van der Waals surface area contributed by atoms with Gasteiger partial charge in [0.1, 0.15) is 4.90 Å². The molecule has 0 amide bonds. The highest BCUT2D eigenvalue weighted by molar-refractivity contribution is 7.89. The molecule has 1 aliphatic carbocycles. The first-order valence-electron chi connectivity index (χ1n) is 5.94. The topological polar surface area (TPSA) is 83.5 Å². The summed E-state index contributed by atoms with van der Waals surface area (Å²) in [4.78, 5) is 9.78. The van der Waals surface area contributed by atoms with Crippen molar-refractivity contribution in [2.75, 3.05) is 6.54 Å². The van der Waals surface area contributed by atoms with E-state index in [0.29, 0.717) is 18.1 Å². The van der Waals surface area contributed by atoms with Gasteiger partial charge in [0.2, 0.25) is 10.0 Å². The molecule has 5 nitrogen and oxygen atoms in total. The van der Waals surface area contributed by atoms with Crippen LogP contribution in [-0.4, -0.2) is 26.0 Å². The zero-order valence-electron chi connectivity index (χ0n) is 10.6. The number of rotatable bonds is 5. The molecule has 0 radical (unpaired) electrons. The van der Waals surface area contributed by atoms with Crippen LogP contribution in [0.4, 0.5) is 8.78 Å². The first-order chi connectivity index (χ1) is 9.22. The molecule has 2 N–H and O–H groups in total. The van der Waals surface area contributed by atoms with Crippen LogP contribution in [0.3, 0.4) is 0 Å². The van der Waals surface area contributed by atoms with Crippen LogP contribution in [0.2, 0.25) is 0 Å². The van der Waals surface area contributed by atoms with Crippen molar-refractivity contribution < 1.29 is 27.1 Å². The zero-order chi connectivity index (χ0) is 15.1. The van der Waals surface area contributed by atoms with Gasteiger partial charge in [-0.15, -0.1) is 0 Å². The highest BCUT2D eigenvalue weighted by atomic mass is 32.2. The Morgan fingerprint density at radius 1 is 1.45 bits per heavy atom. The molecule has 1 saturated carbocycles. The van der Waals surface area contributed by atoms with Gasteiger partial charge in [-0.3, -0.25) is 0 Å². The van der Waals surface area contributed by atoms with Crippen LogP contribution in [-0.2, 0) is 10.0 Å². The lowest BCUT2D eigenvalue weighted by atomic mass is 10.2. The quantitative estimate of drug-likeness (QED) is 0.865. The van der Waals surface area contributed by atoms with Crippen molar-refractivity contribution in [3.63, 3.8) is 0 Å². The number of carboxylic acids is 1. The van der Waals surface area contributed by atoms with Crippen molar-refractivity contribution in [2.45, 2.75) is 18.2 Å². The van der Waals surface area contributed by atoms with E-state index in [1.165, 1.54) is 0 Å². The molecule has 0 heterocycles. The number of benzene rings is 1. The van der Waals surface area contributed by atoms with Crippen molar-refractivity contribution in [3.8, 4) is 0 Å². The van der Waals surface area contributed by atoms with Gasteiger partial charge in [-0.25, -0.2) is 26.7 Å². The Bertz CT molecular complexity index is 660. The molecule has 8 heteroatoms. The summed E-state index contributed by atoms with van der Waals surface area (Å²) in [7, 11) is -4.28. The predicted molar refractivity (Wildman–Crippen MR) is 65.8 cm³/mol. The number of aromatic carboxylic acids is 1. The van der Waals surface area contributed by atoms with Crippen LogP contribution in [0.5, 0.6) is 0 Å². The van der Waals surface area contributed by atoms with Gasteiger partial charge in [0.15, 0.2) is 11.6 Å². The number of halogens is 2. The molecule has 0 aromatic heterocycles. The van der Waals surface area contributed by atoms with E-state index in [-0.39, 0.29) is 12.5 Å². The third-order valence-corrected chi connectivity index (χ3v) is 4.77. The van der Waals surface area contributed by atoms with Gasteiger partial charge >= 0.3 is 5.97 Å². The predicted octanol–water partition coefficient (Wildman–Crippen LogP) is 1.60. The summed E-state index contributed by atoms with van der Waals surface area (Å²) in [5.74, 6) is -4.04. The largest absolute Gasteiger partial charge is 0.478 e. The van der Waals surface area contributed by atoms with Gasteiger partial charge in [0, 0.05) is 6.54 Å². The molecule has 2 atom stereocenters. The average Bonchev–Trinajstić information content (AvgIpc) is 3.06. The summed E-state index contributed by atoms with van der Waals surface area (Å²) >= 11 is 0. The SMILES string of the molecule is CC1CC1CNS(=O)(=O)c1cc(C(=O)O)cc(F)c1F. The smallest absolute Gasteiger partial charge is 0.335 e. The molecule has 2 rings (SSSR count). The van der Waals surface area contributed by atoms with E-state index in [4.69, 9.17) is 5.11 Å². The maximum absolute atomic E-state index is 13.6. The Kier molecular flexibility index (Phi) is 3.79. The monoisotopic (exact) mass is 305 g/mol. The molecule has 1 fully saturated rings. The van der Waals surface area contributed by atoms with Gasteiger partial charge in [0.05, 0.1) is 5.56 Å². The van der Waals surface area contributed by atoms with Crippen molar-refractivity contribution in [3.05, 3.63) is 29.3 Å². The average molecular weight is 305 g/mol. The number of hydrogen-bond donors (Lipinski definition) is 2. The minimum atomic E-state index is -4.28. The second-order valence-corrected chi connectivity index (χ2v) is 6.64. The summed E-state index contributed by atoms with van der Waals surface area (Å²) in [6.07, 6.45) is 0.870. The maximum atomic E-state index is 13.6. The van der Waals surface area contributed by atoms with E-state index < -0.39 is 38.1 Å². The lowest BCUT2D eigenvalue weighted by molar-refractivity contribution is 0.0696. The molecule has 1 aliphatic rings. The molecule has 0 saturated heterocycles. The van der Waals surface area contributed by atoms with Crippen LogP contribution >= 0.6 is 0 Å². The zero-order valence-corrected chi connectivity index (χ0v) is 11.4. The van der Waals surface area contributed by atoms with Crippen LogP contribution in [0.25, 0.3) is 0 Å². The van der Waals surface area contributed by atoms with Crippen molar-refractivity contribution in [1.29, 1.82) is 0 Å². The van der Waals surface area contributed by atoms with Crippen molar-refractivity contribution >= 4 is 16.0 Å². The lowest BCUT2D eigenvalue weighted by Gasteiger charge is -2.09. The highest BCUT2D eigenvalue weighted by Gasteiger charge is 2.34. The van der Waals surface area contributed by atoms with Crippen LogP contribution < -0.4 is 4.72 Å². The number of carbonyl (C=O) groups is 1. The minimum Gasteiger partial charge on any atom is -0.478 e. The Labute approximate surface area is 114 Å². The normalized spacial score (nSPS) is 21.8. The Balaban J connectivity index is 2.32. The van der Waals surface area contributed by atoms with E-state index >= 15 is 0 Å². The first kappa shape index (κ1) is 14.9. The number of nitrogens with one attached hydrogen (secondary N) is 1. The second kappa shape index (κ2) is 5.10. The fraction of sp³-hybridized carbons (Fsp3) is 0.417. The summed E-state index contributed by atoms with van der Waals surface area (Å²) in [5, 5.41) is 8.75. The fourth-order valence-electron chi connectivity index (χ4n) is 1.86. The Morgan fingerprint density at radius 3 is 2.55 bits per heavy atom. The Morgan fingerprint density at radius 2 is 2.05 bits per heavy atom. The molecule has 0 spiro atoms. The third-order valence-electron chi connectivity index (χ3n) is 3.34. The minimum absolute atomic E-state index is 0.127. The number of sulfonamides is 1. The molecule has 0 bridgehead atoms. The summed E-state index contributed by atoms with van der Waals surface area (Å²) in [5.41, 5.74) is -0.621. The second-order valence-electron chi connectivity index (χ2n) is 4.90. The molecule has 2 unspecified atom stereocenters. The van der Waals surface area contributed by atoms with Crippen molar-refractivity contribution in [1.82, 2.24) is 4.72 Å². The fourth-order valence-corrected chi connectivity index (χ4v) is 3.07. The van der Waals surface area contributed by atoms with Crippen LogP contribution in [0.1, 0.15) is 23.7 Å². The van der Waals surface area contributed by atoms with Gasteiger partial charge in [-0.05, 0) is 30.4 Å². The highest BCUT2D eigenvalue weighted by Crippen LogP contribution is 2.37. The van der Waals surface area contributed by atoms with Gasteiger partial charge in [-0.2, -0.15) is 0 Å². The molecule has 20 heavy (non-hydrogen) atoms. The first-order valence-corrected chi connectivity index (χ1v) is 7.42. The summed E-state index contributed by atoms with van der Waals surface area (Å²) < 4.78 is 52.8. The molecule has 110 valence electrons. The third kappa shape index (κ3) is 2.96. The van der Waals surface area contributed by atoms with Crippen LogP contribution in [0.15, 0.2) is 17.0 Å². The van der Waals surface area contributed by atoms with E-state index in [2.05, 4.69) is 4.72 Å². The number of carboxylic acid groups (broad SMARTS) is 1.